The summed E-state index contributed by atoms with van der Waals surface area (Å²) in [7, 11) is 0. The molecule has 2 heterocycles. The van der Waals surface area contributed by atoms with Gasteiger partial charge in [0.25, 0.3) is 5.91 Å². The van der Waals surface area contributed by atoms with Gasteiger partial charge in [0.15, 0.2) is 0 Å². The van der Waals surface area contributed by atoms with E-state index in [2.05, 4.69) is 11.4 Å². The van der Waals surface area contributed by atoms with Crippen LogP contribution in [0.1, 0.15) is 52.2 Å². The van der Waals surface area contributed by atoms with Gasteiger partial charge in [0, 0.05) is 30.9 Å². The second-order valence-corrected chi connectivity index (χ2v) is 8.38. The molecule has 0 radical (unpaired) electrons. The maximum atomic E-state index is 13.1. The minimum atomic E-state index is -0.125. The van der Waals surface area contributed by atoms with E-state index in [1.807, 2.05) is 48.2 Å². The molecule has 2 amide bonds. The summed E-state index contributed by atoms with van der Waals surface area (Å²) in [5, 5.41) is 11.9. The number of nitriles is 1. The maximum absolute atomic E-state index is 13.1. The molecule has 160 valence electrons. The lowest BCUT2D eigenvalue weighted by Gasteiger charge is -2.32. The molecular formula is C25H27N3O3. The van der Waals surface area contributed by atoms with Crippen LogP contribution >= 0.6 is 0 Å². The Bertz CT molecular complexity index is 996. The van der Waals surface area contributed by atoms with Gasteiger partial charge in [-0.1, -0.05) is 18.2 Å². The Morgan fingerprint density at radius 3 is 2.48 bits per heavy atom. The second-order valence-electron chi connectivity index (χ2n) is 8.38. The van der Waals surface area contributed by atoms with E-state index in [9.17, 15) is 9.59 Å². The monoisotopic (exact) mass is 417 g/mol. The van der Waals surface area contributed by atoms with Gasteiger partial charge in [0.1, 0.15) is 0 Å². The molecule has 2 aliphatic heterocycles. The van der Waals surface area contributed by atoms with Gasteiger partial charge in [-0.25, -0.2) is 0 Å². The summed E-state index contributed by atoms with van der Waals surface area (Å²) in [5.41, 5.74) is 4.11. The Morgan fingerprint density at radius 2 is 1.84 bits per heavy atom. The molecule has 2 fully saturated rings. The molecule has 2 saturated heterocycles. The van der Waals surface area contributed by atoms with Crippen LogP contribution in [0.2, 0.25) is 0 Å². The fourth-order valence-corrected chi connectivity index (χ4v) is 4.29. The number of hydrogen-bond acceptors (Lipinski definition) is 4. The Balaban J connectivity index is 1.39. The second kappa shape index (κ2) is 9.32. The molecule has 1 N–H and O–H groups in total. The predicted molar refractivity (Wildman–Crippen MR) is 118 cm³/mol. The first kappa shape index (κ1) is 21.1. The van der Waals surface area contributed by atoms with Crippen molar-refractivity contribution in [3.8, 4) is 6.07 Å². The van der Waals surface area contributed by atoms with Crippen LogP contribution < -0.4 is 5.32 Å². The van der Waals surface area contributed by atoms with Crippen LogP contribution in [0.5, 0.6) is 0 Å². The number of rotatable bonds is 4. The lowest BCUT2D eigenvalue weighted by Crippen LogP contribution is -2.38. The normalized spacial score (nSPS) is 19.1. The van der Waals surface area contributed by atoms with E-state index in [1.54, 1.807) is 6.07 Å². The zero-order valence-electron chi connectivity index (χ0n) is 17.8. The van der Waals surface area contributed by atoms with Gasteiger partial charge in [-0.2, -0.15) is 5.26 Å². The van der Waals surface area contributed by atoms with Gasteiger partial charge in [0.05, 0.1) is 24.2 Å². The van der Waals surface area contributed by atoms with E-state index in [0.29, 0.717) is 49.0 Å². The fraction of sp³-hybridized carbons (Fsp3) is 0.400. The van der Waals surface area contributed by atoms with Crippen molar-refractivity contribution < 1.29 is 14.3 Å². The van der Waals surface area contributed by atoms with Crippen LogP contribution in [0.4, 0.5) is 5.69 Å². The van der Waals surface area contributed by atoms with Gasteiger partial charge in [-0.3, -0.25) is 9.59 Å². The summed E-state index contributed by atoms with van der Waals surface area (Å²) < 4.78 is 5.30. The highest BCUT2D eigenvalue weighted by Crippen LogP contribution is 2.29. The van der Waals surface area contributed by atoms with E-state index >= 15 is 0 Å². The Labute approximate surface area is 182 Å². The quantitative estimate of drug-likeness (QED) is 0.819. The third kappa shape index (κ3) is 4.78. The summed E-state index contributed by atoms with van der Waals surface area (Å²) in [6.07, 6.45) is 2.53. The third-order valence-corrected chi connectivity index (χ3v) is 6.34. The minimum absolute atomic E-state index is 0.00187. The lowest BCUT2D eigenvalue weighted by atomic mass is 9.89. The third-order valence-electron chi connectivity index (χ3n) is 6.34. The van der Waals surface area contributed by atoms with Crippen molar-refractivity contribution in [1.82, 2.24) is 4.90 Å². The first-order valence-electron chi connectivity index (χ1n) is 10.8. The van der Waals surface area contributed by atoms with Crippen molar-refractivity contribution in [2.75, 3.05) is 31.6 Å². The average molecular weight is 418 g/mol. The number of nitrogens with one attached hydrogen (secondary N) is 1. The molecule has 0 aliphatic carbocycles. The number of ether oxygens (including phenoxy) is 1. The molecule has 6 nitrogen and oxygen atoms in total. The van der Waals surface area contributed by atoms with Gasteiger partial charge in [-0.15, -0.1) is 0 Å². The number of carbonyl (C=O) groups excluding carboxylic acids is 2. The predicted octanol–water partition coefficient (Wildman–Crippen LogP) is 3.86. The molecular weight excluding hydrogens is 390 g/mol. The van der Waals surface area contributed by atoms with E-state index in [-0.39, 0.29) is 17.7 Å². The molecule has 0 saturated carbocycles. The van der Waals surface area contributed by atoms with E-state index in [1.165, 1.54) is 5.56 Å². The smallest absolute Gasteiger partial charge is 0.253 e. The van der Waals surface area contributed by atoms with E-state index in [4.69, 9.17) is 10.00 Å². The van der Waals surface area contributed by atoms with Crippen LogP contribution in [-0.2, 0) is 9.53 Å². The minimum Gasteiger partial charge on any atom is -0.381 e. The SMILES string of the molecule is Cc1ccc(C(=O)N2CCC(c3ccc(C#N)cc3)CC2)cc1NC(=O)C1CCOC1. The first-order chi connectivity index (χ1) is 15.0. The zero-order chi connectivity index (χ0) is 21.8. The van der Waals surface area contributed by atoms with Crippen molar-refractivity contribution in [1.29, 1.82) is 5.26 Å². The van der Waals surface area contributed by atoms with Crippen LogP contribution in [0, 0.1) is 24.2 Å². The number of hydrogen-bond donors (Lipinski definition) is 1. The van der Waals surface area contributed by atoms with Gasteiger partial charge >= 0.3 is 0 Å². The molecule has 0 aromatic heterocycles. The molecule has 2 aromatic carbocycles. The number of carbonyl (C=O) groups is 2. The number of amides is 2. The summed E-state index contributed by atoms with van der Waals surface area (Å²) in [4.78, 5) is 27.4. The van der Waals surface area contributed by atoms with Crippen molar-refractivity contribution in [2.24, 2.45) is 5.92 Å². The number of aryl methyl sites for hydroxylation is 1. The fourth-order valence-electron chi connectivity index (χ4n) is 4.29. The summed E-state index contributed by atoms with van der Waals surface area (Å²) in [6.45, 7) is 4.39. The van der Waals surface area contributed by atoms with E-state index in [0.717, 1.165) is 24.8 Å². The van der Waals surface area contributed by atoms with Gasteiger partial charge in [-0.05, 0) is 67.5 Å². The van der Waals surface area contributed by atoms with Gasteiger partial charge < -0.3 is 15.0 Å². The Kier molecular flexibility index (Phi) is 6.34. The van der Waals surface area contributed by atoms with Crippen molar-refractivity contribution in [3.63, 3.8) is 0 Å². The molecule has 1 unspecified atom stereocenters. The molecule has 0 bridgehead atoms. The van der Waals surface area contributed by atoms with E-state index < -0.39 is 0 Å². The lowest BCUT2D eigenvalue weighted by molar-refractivity contribution is -0.119. The Morgan fingerprint density at radius 1 is 1.10 bits per heavy atom. The van der Waals surface area contributed by atoms with Crippen molar-refractivity contribution in [3.05, 3.63) is 64.7 Å². The topological polar surface area (TPSA) is 82.4 Å². The van der Waals surface area contributed by atoms with Crippen LogP contribution in [0.25, 0.3) is 0 Å². The summed E-state index contributed by atoms with van der Waals surface area (Å²) >= 11 is 0. The number of anilines is 1. The molecule has 2 aromatic rings. The summed E-state index contributed by atoms with van der Waals surface area (Å²) in [6, 6.07) is 15.4. The van der Waals surface area contributed by atoms with Crippen molar-refractivity contribution in [2.45, 2.75) is 32.1 Å². The highest BCUT2D eigenvalue weighted by molar-refractivity contribution is 5.98. The van der Waals surface area contributed by atoms with Crippen LogP contribution in [0.3, 0.4) is 0 Å². The molecule has 6 heteroatoms. The molecule has 0 spiro atoms. The highest BCUT2D eigenvalue weighted by Gasteiger charge is 2.26. The Hall–Kier alpha value is -3.17. The first-order valence-corrected chi connectivity index (χ1v) is 10.8. The molecule has 4 rings (SSSR count). The standard InChI is InChI=1S/C25H27N3O3/c1-17-2-5-21(14-23(17)27-24(29)22-10-13-31-16-22)25(30)28-11-8-20(9-12-28)19-6-3-18(15-26)4-7-19/h2-7,14,20,22H,8-13,16H2,1H3,(H,27,29). The number of nitrogens with zero attached hydrogens (tertiary/aromatic N) is 2. The number of benzene rings is 2. The molecule has 2 aliphatic rings. The number of piperidine rings is 1. The highest BCUT2D eigenvalue weighted by atomic mass is 16.5. The molecule has 31 heavy (non-hydrogen) atoms. The van der Waals surface area contributed by atoms with Crippen molar-refractivity contribution >= 4 is 17.5 Å². The van der Waals surface area contributed by atoms with Gasteiger partial charge in [0.2, 0.25) is 5.91 Å². The molecule has 1 atom stereocenters. The maximum Gasteiger partial charge on any atom is 0.253 e. The number of likely N-dealkylation sites (tertiary alicyclic amines) is 1. The summed E-state index contributed by atoms with van der Waals surface area (Å²) in [5.74, 6) is 0.227. The van der Waals surface area contributed by atoms with Crippen LogP contribution in [-0.4, -0.2) is 43.0 Å². The average Bonchev–Trinajstić information content (AvgIpc) is 3.35. The van der Waals surface area contributed by atoms with Crippen LogP contribution in [0.15, 0.2) is 42.5 Å². The zero-order valence-corrected chi connectivity index (χ0v) is 17.8. The largest absolute Gasteiger partial charge is 0.381 e.